The zero-order chi connectivity index (χ0) is 29.1. The largest absolute Gasteiger partial charge is 0.507 e. The van der Waals surface area contributed by atoms with Crippen LogP contribution in [0.15, 0.2) is 21.3 Å². The Labute approximate surface area is 227 Å². The lowest BCUT2D eigenvalue weighted by molar-refractivity contribution is -0.335. The predicted molar refractivity (Wildman–Crippen MR) is 133 cm³/mol. The molecule has 1 aromatic heterocycles. The fraction of sp³-hybridized carbons (Fsp3) is 0.654. The van der Waals surface area contributed by atoms with Crippen molar-refractivity contribution in [1.29, 1.82) is 0 Å². The number of aromatic hydroxyl groups is 1. The molecule has 40 heavy (non-hydrogen) atoms. The number of aliphatic hydroxyl groups is 6. The highest BCUT2D eigenvalue weighted by Gasteiger charge is 2.51. The van der Waals surface area contributed by atoms with E-state index in [0.717, 1.165) is 0 Å². The van der Waals surface area contributed by atoms with Gasteiger partial charge in [0.1, 0.15) is 76.1 Å². The van der Waals surface area contributed by atoms with Gasteiger partial charge >= 0.3 is 0 Å². The van der Waals surface area contributed by atoms with Crippen molar-refractivity contribution in [3.05, 3.63) is 33.7 Å². The fourth-order valence-corrected chi connectivity index (χ4v) is 5.16. The van der Waals surface area contributed by atoms with E-state index in [4.69, 9.17) is 28.1 Å². The van der Waals surface area contributed by atoms with Crippen molar-refractivity contribution in [2.24, 2.45) is 0 Å². The second kappa shape index (κ2) is 10.5. The summed E-state index contributed by atoms with van der Waals surface area (Å²) in [4.78, 5) is 12.5. The Kier molecular flexibility index (Phi) is 7.63. The van der Waals surface area contributed by atoms with Crippen LogP contribution in [0.2, 0.25) is 0 Å². The van der Waals surface area contributed by atoms with Crippen LogP contribution in [-0.2, 0) is 25.4 Å². The Balaban J connectivity index is 1.29. The number of aryl methyl sites for hydroxylation is 1. The van der Waals surface area contributed by atoms with Crippen LogP contribution in [0.5, 0.6) is 11.5 Å². The van der Waals surface area contributed by atoms with Gasteiger partial charge in [0.05, 0.1) is 19.8 Å². The molecule has 7 N–H and O–H groups in total. The molecular formula is C26H34O14. The van der Waals surface area contributed by atoms with Gasteiger partial charge in [0, 0.05) is 24.1 Å². The third-order valence-corrected chi connectivity index (χ3v) is 7.71. The highest BCUT2D eigenvalue weighted by Crippen LogP contribution is 2.43. The monoisotopic (exact) mass is 570 g/mol. The highest BCUT2D eigenvalue weighted by molar-refractivity contribution is 5.87. The Bertz CT molecular complexity index is 1310. The fourth-order valence-electron chi connectivity index (χ4n) is 5.16. The maximum atomic E-state index is 12.5. The maximum Gasteiger partial charge on any atom is 0.196 e. The Morgan fingerprint density at radius 1 is 1.10 bits per heavy atom. The van der Waals surface area contributed by atoms with Gasteiger partial charge in [-0.15, -0.1) is 0 Å². The number of ether oxygens (including phenoxy) is 5. The van der Waals surface area contributed by atoms with Crippen molar-refractivity contribution in [2.45, 2.75) is 87.6 Å². The van der Waals surface area contributed by atoms with Crippen LogP contribution in [-0.4, -0.2) is 116 Å². The van der Waals surface area contributed by atoms with Crippen LogP contribution in [0.1, 0.15) is 25.2 Å². The molecule has 0 aliphatic carbocycles. The number of phenols is 1. The van der Waals surface area contributed by atoms with Crippen LogP contribution < -0.4 is 10.2 Å². The third kappa shape index (κ3) is 4.98. The predicted octanol–water partition coefficient (Wildman–Crippen LogP) is -1.83. The van der Waals surface area contributed by atoms with Crippen LogP contribution >= 0.6 is 0 Å². The van der Waals surface area contributed by atoms with Crippen LogP contribution in [0.25, 0.3) is 11.0 Å². The molecule has 0 bridgehead atoms. The lowest BCUT2D eigenvalue weighted by Crippen LogP contribution is -2.61. The van der Waals surface area contributed by atoms with Crippen LogP contribution in [0, 0.1) is 6.92 Å². The SMILES string of the molecule is Cc1cc(=O)c2c(O)c3c(cc2o1)OC(C(C)(C)O[C@H]1O[C@@H](CO[C@H]2OC[C@@](O)(CO)[C@@H]2O)[C@H](O)[C@@H](O)[C@@H]1O)C3. The van der Waals surface area contributed by atoms with E-state index in [2.05, 4.69) is 0 Å². The second-order valence-electron chi connectivity index (χ2n) is 11.1. The van der Waals surface area contributed by atoms with Crippen LogP contribution in [0.3, 0.4) is 0 Å². The molecule has 9 atom stereocenters. The van der Waals surface area contributed by atoms with Gasteiger partial charge in [-0.1, -0.05) is 0 Å². The third-order valence-electron chi connectivity index (χ3n) is 7.71. The van der Waals surface area contributed by atoms with E-state index in [1.165, 1.54) is 12.1 Å². The number of fused-ring (bicyclic) bond motifs is 2. The normalized spacial score (nSPS) is 36.1. The molecule has 14 nitrogen and oxygen atoms in total. The van der Waals surface area contributed by atoms with Crippen molar-refractivity contribution in [2.75, 3.05) is 19.8 Å². The number of rotatable bonds is 7. The molecule has 2 saturated heterocycles. The van der Waals surface area contributed by atoms with E-state index in [0.29, 0.717) is 17.1 Å². The molecule has 4 heterocycles. The Morgan fingerprint density at radius 2 is 1.82 bits per heavy atom. The van der Waals surface area contributed by atoms with Gasteiger partial charge in [0.15, 0.2) is 18.0 Å². The molecule has 222 valence electrons. The van der Waals surface area contributed by atoms with Crippen molar-refractivity contribution in [3.8, 4) is 11.5 Å². The van der Waals surface area contributed by atoms with Crippen molar-refractivity contribution >= 4 is 11.0 Å². The molecule has 14 heteroatoms. The van der Waals surface area contributed by atoms with Crippen molar-refractivity contribution in [1.82, 2.24) is 0 Å². The quantitative estimate of drug-likeness (QED) is 0.195. The minimum atomic E-state index is -1.91. The average Bonchev–Trinajstić information content (AvgIpc) is 3.45. The number of benzene rings is 1. The van der Waals surface area contributed by atoms with Gasteiger partial charge in [-0.2, -0.15) is 0 Å². The van der Waals surface area contributed by atoms with E-state index >= 15 is 0 Å². The first kappa shape index (κ1) is 29.1. The molecular weight excluding hydrogens is 536 g/mol. The summed E-state index contributed by atoms with van der Waals surface area (Å²) in [5, 5.41) is 72.0. The van der Waals surface area contributed by atoms with E-state index in [-0.39, 0.29) is 29.7 Å². The summed E-state index contributed by atoms with van der Waals surface area (Å²) < 4.78 is 34.0. The van der Waals surface area contributed by atoms with E-state index in [1.54, 1.807) is 20.8 Å². The number of phenolic OH excluding ortho intramolecular Hbond substituents is 1. The second-order valence-corrected chi connectivity index (χ2v) is 11.1. The van der Waals surface area contributed by atoms with E-state index in [1.807, 2.05) is 0 Å². The summed E-state index contributed by atoms with van der Waals surface area (Å²) in [7, 11) is 0. The van der Waals surface area contributed by atoms with Crippen LogP contribution in [0.4, 0.5) is 0 Å². The highest BCUT2D eigenvalue weighted by atomic mass is 16.7. The van der Waals surface area contributed by atoms with E-state index in [9.17, 15) is 40.5 Å². The minimum absolute atomic E-state index is 0.0344. The average molecular weight is 571 g/mol. The lowest BCUT2D eigenvalue weighted by Gasteiger charge is -2.44. The Hall–Kier alpha value is -2.37. The first-order chi connectivity index (χ1) is 18.8. The molecule has 3 aliphatic rings. The van der Waals surface area contributed by atoms with Crippen molar-refractivity contribution in [3.63, 3.8) is 0 Å². The molecule has 2 fully saturated rings. The lowest BCUT2D eigenvalue weighted by atomic mass is 9.94. The summed E-state index contributed by atoms with van der Waals surface area (Å²) in [6, 6.07) is 2.80. The van der Waals surface area contributed by atoms with Gasteiger partial charge in [-0.05, 0) is 20.8 Å². The van der Waals surface area contributed by atoms with E-state index < -0.39 is 79.0 Å². The number of aliphatic hydroxyl groups excluding tert-OH is 5. The molecule has 3 aliphatic heterocycles. The van der Waals surface area contributed by atoms with Gasteiger partial charge in [-0.3, -0.25) is 4.79 Å². The smallest absolute Gasteiger partial charge is 0.196 e. The molecule has 1 unspecified atom stereocenters. The molecule has 2 aromatic rings. The summed E-state index contributed by atoms with van der Waals surface area (Å²) >= 11 is 0. The molecule has 0 radical (unpaired) electrons. The summed E-state index contributed by atoms with van der Waals surface area (Å²) in [6.07, 6.45) is -11.2. The zero-order valence-electron chi connectivity index (χ0n) is 22.1. The standard InChI is InChI=1S/C26H34O14/c1-10-4-12(28)17-14(37-10)6-13-11(18(17)29)5-16(38-13)25(2,3)40-23-21(32)20(31)19(30)15(39-23)7-35-24-22(33)26(34,8-27)9-36-24/h4,6,15-16,19-24,27,29-34H,5,7-9H2,1-3H3/t15-,16?,19-,20+,21-,22+,23+,24-,26-/m0/s1. The molecule has 0 amide bonds. The maximum absolute atomic E-state index is 12.5. The van der Waals surface area contributed by atoms with Gasteiger partial charge in [0.2, 0.25) is 0 Å². The summed E-state index contributed by atoms with van der Waals surface area (Å²) in [6.45, 7) is 3.32. The number of hydrogen-bond donors (Lipinski definition) is 7. The first-order valence-corrected chi connectivity index (χ1v) is 12.8. The van der Waals surface area contributed by atoms with Gasteiger partial charge in [-0.25, -0.2) is 0 Å². The minimum Gasteiger partial charge on any atom is -0.507 e. The molecule has 1 aromatic carbocycles. The van der Waals surface area contributed by atoms with Crippen molar-refractivity contribution < 1.29 is 63.8 Å². The topological polar surface area (TPSA) is 218 Å². The summed E-state index contributed by atoms with van der Waals surface area (Å²) in [5.74, 6) is 0.412. The van der Waals surface area contributed by atoms with Gasteiger partial charge < -0.3 is 63.8 Å². The van der Waals surface area contributed by atoms with Gasteiger partial charge in [0.25, 0.3) is 0 Å². The molecule has 0 saturated carbocycles. The Morgan fingerprint density at radius 3 is 2.50 bits per heavy atom. The molecule has 0 spiro atoms. The zero-order valence-corrected chi connectivity index (χ0v) is 22.1. The summed E-state index contributed by atoms with van der Waals surface area (Å²) in [5.41, 5.74) is -2.96. The number of hydrogen-bond acceptors (Lipinski definition) is 14. The molecule has 5 rings (SSSR count). The first-order valence-electron chi connectivity index (χ1n) is 12.8.